The highest BCUT2D eigenvalue weighted by Crippen LogP contribution is 2.51. The number of carbonyl (C=O) groups excluding carboxylic acids is 2. The van der Waals surface area contributed by atoms with E-state index in [0.717, 1.165) is 31.2 Å². The number of carbonyl (C=O) groups is 2. The van der Waals surface area contributed by atoms with Crippen LogP contribution in [0.4, 0.5) is 9.59 Å². The minimum atomic E-state index is -1.10. The minimum absolute atomic E-state index is 0.0768. The van der Waals surface area contributed by atoms with Crippen molar-refractivity contribution in [3.8, 4) is 0 Å². The molecule has 0 radical (unpaired) electrons. The molecule has 2 aromatic rings. The van der Waals surface area contributed by atoms with Gasteiger partial charge in [-0.2, -0.15) is 0 Å². The van der Waals surface area contributed by atoms with E-state index < -0.39 is 16.6 Å². The first-order chi connectivity index (χ1) is 19.0. The predicted molar refractivity (Wildman–Crippen MR) is 150 cm³/mol. The first kappa shape index (κ1) is 28.1. The van der Waals surface area contributed by atoms with Crippen LogP contribution in [0, 0.1) is 5.41 Å². The number of piperidine rings is 1. The third-order valence-electron chi connectivity index (χ3n) is 8.80. The van der Waals surface area contributed by atoms with Gasteiger partial charge in [-0.3, -0.25) is 9.78 Å². The minimum Gasteiger partial charge on any atom is -0.444 e. The number of hydrogen-bond acceptors (Lipinski definition) is 6. The van der Waals surface area contributed by atoms with Gasteiger partial charge in [0.15, 0.2) is 0 Å². The van der Waals surface area contributed by atoms with Crippen LogP contribution in [-0.2, 0) is 11.3 Å². The summed E-state index contributed by atoms with van der Waals surface area (Å²) in [5, 5.41) is 12.0. The molecule has 0 bridgehead atoms. The molecule has 3 heterocycles. The molecule has 1 N–H and O–H groups in total. The van der Waals surface area contributed by atoms with E-state index in [0.29, 0.717) is 39.1 Å². The van der Waals surface area contributed by atoms with Gasteiger partial charge >= 0.3 is 12.1 Å². The summed E-state index contributed by atoms with van der Waals surface area (Å²) in [5.41, 5.74) is -1.46. The number of likely N-dealkylation sites (tertiary alicyclic amines) is 1. The van der Waals surface area contributed by atoms with E-state index in [-0.39, 0.29) is 30.3 Å². The van der Waals surface area contributed by atoms with Crippen LogP contribution in [0.15, 0.2) is 53.7 Å². The Labute approximate surface area is 235 Å². The van der Waals surface area contributed by atoms with Gasteiger partial charge in [0.2, 0.25) is 0 Å². The summed E-state index contributed by atoms with van der Waals surface area (Å²) in [5.74, 6) is 0. The van der Waals surface area contributed by atoms with Crippen molar-refractivity contribution >= 4 is 12.1 Å². The molecule has 5 rings (SSSR count). The number of rotatable bonds is 3. The molecular formula is C30H41N5O5. The summed E-state index contributed by atoms with van der Waals surface area (Å²) in [7, 11) is 0. The highest BCUT2D eigenvalue weighted by molar-refractivity contribution is 5.76. The van der Waals surface area contributed by atoms with Crippen molar-refractivity contribution in [2.45, 2.75) is 76.7 Å². The number of aromatic nitrogens is 2. The van der Waals surface area contributed by atoms with Crippen molar-refractivity contribution in [2.24, 2.45) is 5.41 Å². The van der Waals surface area contributed by atoms with Gasteiger partial charge in [-0.05, 0) is 45.6 Å². The maximum absolute atomic E-state index is 14.2. The first-order valence-electron chi connectivity index (χ1n) is 14.3. The largest absolute Gasteiger partial charge is 0.444 e. The predicted octanol–water partition coefficient (Wildman–Crippen LogP) is 3.65. The fourth-order valence-electron chi connectivity index (χ4n) is 6.69. The summed E-state index contributed by atoms with van der Waals surface area (Å²) in [6.45, 7) is 7.69. The molecule has 1 saturated carbocycles. The third kappa shape index (κ3) is 5.59. The average Bonchev–Trinajstić information content (AvgIpc) is 3.40. The van der Waals surface area contributed by atoms with Gasteiger partial charge < -0.3 is 29.1 Å². The summed E-state index contributed by atoms with van der Waals surface area (Å²) in [6, 6.07) is 9.41. The van der Waals surface area contributed by atoms with Crippen LogP contribution in [0.3, 0.4) is 0 Å². The maximum Gasteiger partial charge on any atom is 0.410 e. The Hall–Kier alpha value is -3.40. The number of ether oxygens (including phenoxy) is 1. The van der Waals surface area contributed by atoms with Crippen LogP contribution in [0.25, 0.3) is 0 Å². The van der Waals surface area contributed by atoms with Crippen LogP contribution in [0.5, 0.6) is 0 Å². The lowest BCUT2D eigenvalue weighted by Gasteiger charge is -2.53. The monoisotopic (exact) mass is 551 g/mol. The van der Waals surface area contributed by atoms with Gasteiger partial charge in [-0.25, -0.2) is 9.59 Å². The molecule has 216 valence electrons. The van der Waals surface area contributed by atoms with Gasteiger partial charge in [0.05, 0.1) is 24.4 Å². The molecule has 2 atom stereocenters. The quantitative estimate of drug-likeness (QED) is 0.624. The molecule has 3 aliphatic rings. The van der Waals surface area contributed by atoms with Crippen LogP contribution < -0.4 is 5.56 Å². The van der Waals surface area contributed by atoms with E-state index in [1.807, 2.05) is 60.9 Å². The highest BCUT2D eigenvalue weighted by atomic mass is 16.6. The summed E-state index contributed by atoms with van der Waals surface area (Å²) < 4.78 is 7.17. The van der Waals surface area contributed by atoms with Crippen molar-refractivity contribution in [2.75, 3.05) is 32.7 Å². The van der Waals surface area contributed by atoms with Gasteiger partial charge in [0.1, 0.15) is 5.60 Å². The zero-order valence-electron chi connectivity index (χ0n) is 23.8. The standard InChI is InChI=1S/C30H41N5O5/c1-28(2,3)40-27(38)32-17-18-35(24(20-32)23-9-5-4-6-10-23)26(37)34-15-13-30(39,29(21-34)11-7-8-12-29)22-33-16-14-31-19-25(33)36/h4-6,9-10,14,16,19,24,39H,7-8,11-13,15,17-18,20-22H2,1-3H3/t24-,30?/m0/s1. The van der Waals surface area contributed by atoms with E-state index in [2.05, 4.69) is 4.98 Å². The number of benzene rings is 1. The molecule has 2 aliphatic heterocycles. The Morgan fingerprint density at radius 1 is 1.05 bits per heavy atom. The second-order valence-corrected chi connectivity index (χ2v) is 12.6. The van der Waals surface area contributed by atoms with Gasteiger partial charge in [0.25, 0.3) is 5.56 Å². The van der Waals surface area contributed by atoms with Crippen LogP contribution >= 0.6 is 0 Å². The van der Waals surface area contributed by atoms with E-state index in [1.54, 1.807) is 17.3 Å². The third-order valence-corrected chi connectivity index (χ3v) is 8.80. The van der Waals surface area contributed by atoms with Crippen molar-refractivity contribution in [1.29, 1.82) is 0 Å². The lowest BCUT2D eigenvalue weighted by molar-refractivity contribution is -0.137. The fourth-order valence-corrected chi connectivity index (χ4v) is 6.69. The van der Waals surface area contributed by atoms with Gasteiger partial charge in [-0.1, -0.05) is 43.2 Å². The molecule has 1 aliphatic carbocycles. The SMILES string of the molecule is CC(C)(C)OC(=O)N1CCN(C(=O)N2CCC(O)(Cn3ccncc3=O)C3(CCCC3)C2)[C@H](c2ccccc2)C1. The number of piperazine rings is 1. The zero-order valence-corrected chi connectivity index (χ0v) is 23.8. The smallest absolute Gasteiger partial charge is 0.410 e. The molecule has 10 nitrogen and oxygen atoms in total. The zero-order chi connectivity index (χ0) is 28.5. The molecule has 2 saturated heterocycles. The van der Waals surface area contributed by atoms with Crippen molar-refractivity contribution in [3.05, 3.63) is 64.8 Å². The second-order valence-electron chi connectivity index (χ2n) is 12.6. The van der Waals surface area contributed by atoms with E-state index in [4.69, 9.17) is 4.74 Å². The van der Waals surface area contributed by atoms with Gasteiger partial charge in [-0.15, -0.1) is 0 Å². The Balaban J connectivity index is 1.37. The number of urea groups is 1. The lowest BCUT2D eigenvalue weighted by atomic mass is 9.66. The Morgan fingerprint density at radius 3 is 2.45 bits per heavy atom. The average molecular weight is 552 g/mol. The summed E-state index contributed by atoms with van der Waals surface area (Å²) in [6.07, 6.45) is 8.04. The fraction of sp³-hybridized carbons (Fsp3) is 0.600. The van der Waals surface area contributed by atoms with E-state index in [9.17, 15) is 19.5 Å². The molecule has 1 aromatic carbocycles. The Morgan fingerprint density at radius 2 is 1.77 bits per heavy atom. The number of hydrogen-bond donors (Lipinski definition) is 1. The topological polar surface area (TPSA) is 108 Å². The van der Waals surface area contributed by atoms with Crippen molar-refractivity contribution in [3.63, 3.8) is 0 Å². The van der Waals surface area contributed by atoms with Crippen LogP contribution in [-0.4, -0.2) is 85.4 Å². The lowest BCUT2D eigenvalue weighted by Crippen LogP contribution is -2.64. The number of amides is 3. The number of aliphatic hydroxyl groups is 1. The first-order valence-corrected chi connectivity index (χ1v) is 14.3. The summed E-state index contributed by atoms with van der Waals surface area (Å²) >= 11 is 0. The summed E-state index contributed by atoms with van der Waals surface area (Å²) in [4.78, 5) is 48.9. The van der Waals surface area contributed by atoms with Gasteiger partial charge in [0, 0.05) is 50.5 Å². The van der Waals surface area contributed by atoms with E-state index in [1.165, 1.54) is 10.8 Å². The molecule has 10 heteroatoms. The van der Waals surface area contributed by atoms with Crippen molar-refractivity contribution < 1.29 is 19.4 Å². The Kier molecular flexibility index (Phi) is 7.65. The number of nitrogens with zero attached hydrogens (tertiary/aromatic N) is 5. The molecule has 1 unspecified atom stereocenters. The molecular weight excluding hydrogens is 510 g/mol. The van der Waals surface area contributed by atoms with E-state index >= 15 is 0 Å². The van der Waals surface area contributed by atoms with Crippen LogP contribution in [0.1, 0.15) is 64.5 Å². The van der Waals surface area contributed by atoms with Crippen LogP contribution in [0.2, 0.25) is 0 Å². The molecule has 3 fully saturated rings. The van der Waals surface area contributed by atoms with Crippen molar-refractivity contribution in [1.82, 2.24) is 24.3 Å². The Bertz CT molecular complexity index is 1270. The maximum atomic E-state index is 14.2. The second kappa shape index (κ2) is 10.9. The molecule has 1 spiro atoms. The normalized spacial score (nSPS) is 24.8. The highest BCUT2D eigenvalue weighted by Gasteiger charge is 2.56. The molecule has 1 aromatic heterocycles. The molecule has 3 amide bonds. The molecule has 40 heavy (non-hydrogen) atoms.